The van der Waals surface area contributed by atoms with Crippen molar-refractivity contribution in [1.29, 1.82) is 0 Å². The number of fused-ring (bicyclic) bond motifs is 2. The van der Waals surface area contributed by atoms with Gasteiger partial charge in [-0.15, -0.1) is 0 Å². The van der Waals surface area contributed by atoms with E-state index in [9.17, 15) is 9.59 Å². The second kappa shape index (κ2) is 4.34. The predicted molar refractivity (Wildman–Crippen MR) is 69.4 cm³/mol. The lowest BCUT2D eigenvalue weighted by atomic mass is 9.84. The number of ether oxygens (including phenoxy) is 2. The van der Waals surface area contributed by atoms with Gasteiger partial charge in [0.1, 0.15) is 11.4 Å². The van der Waals surface area contributed by atoms with Crippen molar-refractivity contribution in [2.75, 3.05) is 0 Å². The number of rotatable bonds is 1. The van der Waals surface area contributed by atoms with Crippen molar-refractivity contribution in [2.24, 2.45) is 11.8 Å². The van der Waals surface area contributed by atoms with Crippen LogP contribution < -0.4 is 5.32 Å². The minimum Gasteiger partial charge on any atom is -0.444 e. The molecule has 0 aromatic rings. The Morgan fingerprint density at radius 1 is 1.42 bits per heavy atom. The molecule has 4 atom stereocenters. The van der Waals surface area contributed by atoms with Crippen molar-refractivity contribution in [3.05, 3.63) is 12.2 Å². The second-order valence-corrected chi connectivity index (χ2v) is 6.27. The molecule has 0 radical (unpaired) electrons. The maximum Gasteiger partial charge on any atom is 0.410 e. The van der Waals surface area contributed by atoms with Crippen LogP contribution in [0.2, 0.25) is 0 Å². The number of carbonyl (C=O) groups excluding carboxylic acids is 2. The molecule has 2 rings (SSSR count). The van der Waals surface area contributed by atoms with Gasteiger partial charge in [0.25, 0.3) is 0 Å². The van der Waals surface area contributed by atoms with E-state index >= 15 is 0 Å². The van der Waals surface area contributed by atoms with E-state index < -0.39 is 23.3 Å². The highest BCUT2D eigenvalue weighted by atomic mass is 16.6. The molecule has 0 aromatic heterocycles. The molecule has 0 spiro atoms. The molecule has 1 N–H and O–H groups in total. The quantitative estimate of drug-likeness (QED) is 0.738. The maximum atomic E-state index is 12.1. The summed E-state index contributed by atoms with van der Waals surface area (Å²) in [6, 6.07) is 0. The monoisotopic (exact) mass is 267 g/mol. The summed E-state index contributed by atoms with van der Waals surface area (Å²) in [4.78, 5) is 24.0. The van der Waals surface area contributed by atoms with Crippen LogP contribution in [0.25, 0.3) is 0 Å². The van der Waals surface area contributed by atoms with Crippen LogP contribution in [0.4, 0.5) is 4.79 Å². The standard InChI is InChI=1S/C14H21NO4/c1-8-10-6-7-14(18-10,9(2)11(8)16)15-12(17)19-13(3,4)5/h6-10H,1-5H3,(H,15,17)/t8-,9-,10-,14+/m1/s1. The summed E-state index contributed by atoms with van der Waals surface area (Å²) < 4.78 is 11.0. The summed E-state index contributed by atoms with van der Waals surface area (Å²) in [6.07, 6.45) is 2.75. The predicted octanol–water partition coefficient (Wildman–Crippen LogP) is 2.02. The van der Waals surface area contributed by atoms with E-state index in [0.29, 0.717) is 0 Å². The molecule has 2 heterocycles. The third kappa shape index (κ3) is 2.52. The number of amides is 1. The van der Waals surface area contributed by atoms with Gasteiger partial charge in [-0.25, -0.2) is 4.79 Å². The van der Waals surface area contributed by atoms with Gasteiger partial charge in [0.05, 0.1) is 12.0 Å². The Balaban J connectivity index is 2.14. The van der Waals surface area contributed by atoms with E-state index in [4.69, 9.17) is 9.47 Å². The molecule has 2 aliphatic heterocycles. The van der Waals surface area contributed by atoms with E-state index in [1.54, 1.807) is 33.8 Å². The van der Waals surface area contributed by atoms with Gasteiger partial charge in [-0.2, -0.15) is 0 Å². The lowest BCUT2D eigenvalue weighted by Gasteiger charge is -2.41. The van der Waals surface area contributed by atoms with E-state index in [1.165, 1.54) is 0 Å². The van der Waals surface area contributed by atoms with Crippen molar-refractivity contribution in [3.63, 3.8) is 0 Å². The molecule has 2 bridgehead atoms. The van der Waals surface area contributed by atoms with Crippen LogP contribution in [0.3, 0.4) is 0 Å². The third-order valence-electron chi connectivity index (χ3n) is 3.57. The molecule has 1 saturated heterocycles. The molecule has 1 amide bonds. The number of Topliss-reactive ketones (excluding diaryl/α,β-unsaturated/α-hetero) is 1. The number of nitrogens with one attached hydrogen (secondary N) is 1. The number of hydrogen-bond donors (Lipinski definition) is 1. The van der Waals surface area contributed by atoms with Crippen LogP contribution in [-0.4, -0.2) is 29.3 Å². The highest BCUT2D eigenvalue weighted by Gasteiger charge is 2.53. The summed E-state index contributed by atoms with van der Waals surface area (Å²) in [5.41, 5.74) is -1.64. The highest BCUT2D eigenvalue weighted by molar-refractivity contribution is 5.87. The fourth-order valence-corrected chi connectivity index (χ4v) is 2.47. The summed E-state index contributed by atoms with van der Waals surface area (Å²) in [6.45, 7) is 8.97. The van der Waals surface area contributed by atoms with Gasteiger partial charge >= 0.3 is 6.09 Å². The first-order valence-electron chi connectivity index (χ1n) is 6.57. The lowest BCUT2D eigenvalue weighted by molar-refractivity contribution is -0.163. The zero-order chi connectivity index (χ0) is 14.4. The number of carbonyl (C=O) groups is 2. The fourth-order valence-electron chi connectivity index (χ4n) is 2.47. The largest absolute Gasteiger partial charge is 0.444 e. The molecular weight excluding hydrogens is 246 g/mol. The zero-order valence-electron chi connectivity index (χ0n) is 12.0. The molecule has 0 saturated carbocycles. The van der Waals surface area contributed by atoms with Gasteiger partial charge in [-0.1, -0.05) is 19.9 Å². The zero-order valence-corrected chi connectivity index (χ0v) is 12.0. The Labute approximate surface area is 113 Å². The Morgan fingerprint density at radius 2 is 2.05 bits per heavy atom. The van der Waals surface area contributed by atoms with Gasteiger partial charge in [0, 0.05) is 5.92 Å². The summed E-state index contributed by atoms with van der Waals surface area (Å²) >= 11 is 0. The molecule has 0 unspecified atom stereocenters. The van der Waals surface area contributed by atoms with Crippen molar-refractivity contribution in [3.8, 4) is 0 Å². The molecule has 19 heavy (non-hydrogen) atoms. The summed E-state index contributed by atoms with van der Waals surface area (Å²) in [5.74, 6) is -0.510. The Morgan fingerprint density at radius 3 is 2.63 bits per heavy atom. The second-order valence-electron chi connectivity index (χ2n) is 6.27. The van der Waals surface area contributed by atoms with E-state index in [2.05, 4.69) is 5.32 Å². The van der Waals surface area contributed by atoms with Crippen LogP contribution in [0.15, 0.2) is 12.2 Å². The van der Waals surface area contributed by atoms with Crippen molar-refractivity contribution in [2.45, 2.75) is 52.0 Å². The highest BCUT2D eigenvalue weighted by Crippen LogP contribution is 2.39. The van der Waals surface area contributed by atoms with Crippen LogP contribution in [-0.2, 0) is 14.3 Å². The smallest absolute Gasteiger partial charge is 0.410 e. The van der Waals surface area contributed by atoms with Gasteiger partial charge in [-0.3, -0.25) is 10.1 Å². The molecule has 0 aromatic carbocycles. The molecule has 5 nitrogen and oxygen atoms in total. The average molecular weight is 267 g/mol. The van der Waals surface area contributed by atoms with Crippen LogP contribution in [0.1, 0.15) is 34.6 Å². The first-order chi connectivity index (χ1) is 8.65. The van der Waals surface area contributed by atoms with Crippen LogP contribution in [0, 0.1) is 11.8 Å². The first-order valence-corrected chi connectivity index (χ1v) is 6.57. The van der Waals surface area contributed by atoms with Crippen LogP contribution >= 0.6 is 0 Å². The molecular formula is C14H21NO4. The SMILES string of the molecule is C[C@@H]1C(=O)[C@H](C)[C@H]2C=C[C@]1(NC(=O)OC(C)(C)C)O2. The normalized spacial score (nSPS) is 37.3. The average Bonchev–Trinajstić information content (AvgIpc) is 2.64. The maximum absolute atomic E-state index is 12.1. The van der Waals surface area contributed by atoms with Crippen LogP contribution in [0.5, 0.6) is 0 Å². The molecule has 2 aliphatic rings. The number of ketones is 1. The molecule has 5 heteroatoms. The molecule has 106 valence electrons. The summed E-state index contributed by atoms with van der Waals surface area (Å²) in [7, 11) is 0. The first kappa shape index (κ1) is 14.1. The van der Waals surface area contributed by atoms with Gasteiger partial charge in [0.15, 0.2) is 5.72 Å². The van der Waals surface area contributed by atoms with Crippen molar-refractivity contribution >= 4 is 11.9 Å². The Hall–Kier alpha value is -1.36. The van der Waals surface area contributed by atoms with Gasteiger partial charge in [-0.05, 0) is 26.8 Å². The van der Waals surface area contributed by atoms with Crippen molar-refractivity contribution in [1.82, 2.24) is 5.32 Å². The molecule has 1 fully saturated rings. The van der Waals surface area contributed by atoms with E-state index in [1.807, 2.05) is 13.0 Å². The summed E-state index contributed by atoms with van der Waals surface area (Å²) in [5, 5.41) is 2.69. The Bertz CT molecular complexity index is 437. The third-order valence-corrected chi connectivity index (χ3v) is 3.57. The number of alkyl carbamates (subject to hydrolysis) is 1. The van der Waals surface area contributed by atoms with E-state index in [-0.39, 0.29) is 17.8 Å². The van der Waals surface area contributed by atoms with Gasteiger partial charge < -0.3 is 9.47 Å². The van der Waals surface area contributed by atoms with Gasteiger partial charge in [0.2, 0.25) is 0 Å². The number of hydrogen-bond acceptors (Lipinski definition) is 4. The van der Waals surface area contributed by atoms with E-state index in [0.717, 1.165) is 0 Å². The Kier molecular flexibility index (Phi) is 3.21. The molecule has 0 aliphatic carbocycles. The van der Waals surface area contributed by atoms with Crippen molar-refractivity contribution < 1.29 is 19.1 Å². The lowest BCUT2D eigenvalue weighted by Crippen LogP contribution is -2.60. The minimum absolute atomic E-state index is 0.0947. The fraction of sp³-hybridized carbons (Fsp3) is 0.714. The topological polar surface area (TPSA) is 64.6 Å². The minimum atomic E-state index is -1.06.